The van der Waals surface area contributed by atoms with Crippen LogP contribution < -0.4 is 5.32 Å². The highest BCUT2D eigenvalue weighted by Crippen LogP contribution is 2.48. The Hall–Kier alpha value is -0.120. The van der Waals surface area contributed by atoms with Crippen LogP contribution in [0.2, 0.25) is 0 Å². The van der Waals surface area contributed by atoms with Gasteiger partial charge in [-0.2, -0.15) is 0 Å². The molecule has 2 atom stereocenters. The van der Waals surface area contributed by atoms with Gasteiger partial charge in [-0.1, -0.05) is 0 Å². The van der Waals surface area contributed by atoms with E-state index in [0.29, 0.717) is 6.10 Å². The van der Waals surface area contributed by atoms with Crippen LogP contribution in [0, 0.1) is 17.3 Å². The van der Waals surface area contributed by atoms with Crippen molar-refractivity contribution in [1.29, 1.82) is 0 Å². The van der Waals surface area contributed by atoms with E-state index in [1.807, 2.05) is 0 Å². The molecule has 1 aliphatic heterocycles. The third kappa shape index (κ3) is 2.98. The average Bonchev–Trinajstić information content (AvgIpc) is 3.24. The Morgan fingerprint density at radius 3 is 2.63 bits per heavy atom. The van der Waals surface area contributed by atoms with Gasteiger partial charge in [0.15, 0.2) is 0 Å². The molecule has 0 aromatic rings. The molecule has 0 bridgehead atoms. The number of ether oxygens (including phenoxy) is 2. The molecule has 19 heavy (non-hydrogen) atoms. The molecule has 1 N–H and O–H groups in total. The first kappa shape index (κ1) is 12.6. The van der Waals surface area contributed by atoms with Crippen LogP contribution in [0.4, 0.5) is 0 Å². The minimum Gasteiger partial charge on any atom is -0.380 e. The predicted octanol–water partition coefficient (Wildman–Crippen LogP) is 2.35. The molecule has 0 amide bonds. The highest BCUT2D eigenvalue weighted by Gasteiger charge is 2.51. The summed E-state index contributed by atoms with van der Waals surface area (Å²) in [5, 5.41) is 3.75. The van der Waals surface area contributed by atoms with E-state index < -0.39 is 0 Å². The average molecular weight is 265 g/mol. The molecule has 108 valence electrons. The van der Waals surface area contributed by atoms with Crippen LogP contribution in [0.25, 0.3) is 0 Å². The summed E-state index contributed by atoms with van der Waals surface area (Å²) >= 11 is 0. The monoisotopic (exact) mass is 265 g/mol. The van der Waals surface area contributed by atoms with Crippen LogP contribution in [-0.4, -0.2) is 38.5 Å². The van der Waals surface area contributed by atoms with Crippen molar-refractivity contribution < 1.29 is 9.47 Å². The minimum atomic E-state index is 0.276. The molecule has 0 radical (unpaired) electrons. The van der Waals surface area contributed by atoms with Crippen LogP contribution in [0.15, 0.2) is 0 Å². The largest absolute Gasteiger partial charge is 0.380 e. The number of hydrogen-bond donors (Lipinski definition) is 1. The molecular formula is C16H27NO2. The summed E-state index contributed by atoms with van der Waals surface area (Å²) in [7, 11) is 0. The standard InChI is InChI=1S/C16H27NO2/c1-2-12(1)9-18-11-16(10-17-14-5-6-14)7-8-19-15(16)13-3-4-13/h12-15,17H,1-11H2. The smallest absolute Gasteiger partial charge is 0.0694 e. The van der Waals surface area contributed by atoms with Crippen molar-refractivity contribution in [2.45, 2.75) is 57.1 Å². The third-order valence-electron chi connectivity index (χ3n) is 5.31. The lowest BCUT2D eigenvalue weighted by Gasteiger charge is -2.34. The first-order valence-electron chi connectivity index (χ1n) is 8.28. The molecule has 0 aromatic carbocycles. The Bertz CT molecular complexity index is 323. The Labute approximate surface area is 116 Å². The quantitative estimate of drug-likeness (QED) is 0.731. The molecular weight excluding hydrogens is 238 g/mol. The van der Waals surface area contributed by atoms with E-state index in [0.717, 1.165) is 44.2 Å². The summed E-state index contributed by atoms with van der Waals surface area (Å²) in [6, 6.07) is 0.792. The fourth-order valence-electron chi connectivity index (χ4n) is 3.49. The van der Waals surface area contributed by atoms with Crippen LogP contribution in [0.5, 0.6) is 0 Å². The maximum absolute atomic E-state index is 6.10. The van der Waals surface area contributed by atoms with Crippen molar-refractivity contribution in [3.63, 3.8) is 0 Å². The Kier molecular flexibility index (Phi) is 3.33. The summed E-state index contributed by atoms with van der Waals surface area (Å²) in [4.78, 5) is 0. The molecule has 3 heteroatoms. The number of nitrogens with one attached hydrogen (secondary N) is 1. The number of rotatable bonds is 8. The second-order valence-corrected chi connectivity index (χ2v) is 7.35. The maximum Gasteiger partial charge on any atom is 0.0694 e. The van der Waals surface area contributed by atoms with Crippen molar-refractivity contribution in [2.24, 2.45) is 17.3 Å². The minimum absolute atomic E-state index is 0.276. The normalized spacial score (nSPS) is 38.8. The molecule has 4 fully saturated rings. The van der Waals surface area contributed by atoms with Gasteiger partial charge >= 0.3 is 0 Å². The van der Waals surface area contributed by atoms with Crippen molar-refractivity contribution in [2.75, 3.05) is 26.4 Å². The van der Waals surface area contributed by atoms with Gasteiger partial charge in [0.2, 0.25) is 0 Å². The third-order valence-corrected chi connectivity index (χ3v) is 5.31. The maximum atomic E-state index is 6.10. The van der Waals surface area contributed by atoms with Crippen molar-refractivity contribution in [3.8, 4) is 0 Å². The Morgan fingerprint density at radius 1 is 1.11 bits per heavy atom. The SMILES string of the molecule is C1CC(CNC2CC2)(COCC2CC2)C(C2CC2)O1. The molecule has 3 saturated carbocycles. The Balaban J connectivity index is 1.37. The molecule has 4 rings (SSSR count). The highest BCUT2D eigenvalue weighted by molar-refractivity contribution is 5.02. The predicted molar refractivity (Wildman–Crippen MR) is 74.1 cm³/mol. The highest BCUT2D eigenvalue weighted by atomic mass is 16.5. The molecule has 1 heterocycles. The molecule has 1 saturated heterocycles. The van der Waals surface area contributed by atoms with E-state index in [1.165, 1.54) is 44.9 Å². The zero-order chi connectivity index (χ0) is 12.7. The zero-order valence-corrected chi connectivity index (χ0v) is 11.9. The van der Waals surface area contributed by atoms with Crippen LogP contribution in [0.1, 0.15) is 44.9 Å². The van der Waals surface area contributed by atoms with E-state index in [4.69, 9.17) is 9.47 Å². The van der Waals surface area contributed by atoms with E-state index in [9.17, 15) is 0 Å². The molecule has 3 aliphatic carbocycles. The Morgan fingerprint density at radius 2 is 1.95 bits per heavy atom. The molecule has 0 aromatic heterocycles. The van der Waals surface area contributed by atoms with Crippen LogP contribution in [0.3, 0.4) is 0 Å². The first-order valence-corrected chi connectivity index (χ1v) is 8.28. The van der Waals surface area contributed by atoms with Crippen LogP contribution >= 0.6 is 0 Å². The van der Waals surface area contributed by atoms with Gasteiger partial charge in [0.25, 0.3) is 0 Å². The zero-order valence-electron chi connectivity index (χ0n) is 11.9. The lowest BCUT2D eigenvalue weighted by Crippen LogP contribution is -2.46. The van der Waals surface area contributed by atoms with E-state index in [2.05, 4.69) is 5.32 Å². The van der Waals surface area contributed by atoms with Gasteiger partial charge in [0.1, 0.15) is 0 Å². The second-order valence-electron chi connectivity index (χ2n) is 7.35. The summed E-state index contributed by atoms with van der Waals surface area (Å²) < 4.78 is 12.2. The van der Waals surface area contributed by atoms with Gasteiger partial charge in [-0.05, 0) is 56.8 Å². The summed E-state index contributed by atoms with van der Waals surface area (Å²) in [5.74, 6) is 1.70. The van der Waals surface area contributed by atoms with E-state index >= 15 is 0 Å². The van der Waals surface area contributed by atoms with Gasteiger partial charge in [0.05, 0.1) is 12.7 Å². The second kappa shape index (κ2) is 5.01. The van der Waals surface area contributed by atoms with Gasteiger partial charge in [0, 0.05) is 31.2 Å². The van der Waals surface area contributed by atoms with Gasteiger partial charge in [-0.25, -0.2) is 0 Å². The van der Waals surface area contributed by atoms with Crippen molar-refractivity contribution in [1.82, 2.24) is 5.32 Å². The van der Waals surface area contributed by atoms with Gasteiger partial charge in [-0.3, -0.25) is 0 Å². The molecule has 3 nitrogen and oxygen atoms in total. The topological polar surface area (TPSA) is 30.5 Å². The van der Waals surface area contributed by atoms with Gasteiger partial charge in [-0.15, -0.1) is 0 Å². The van der Waals surface area contributed by atoms with Crippen LogP contribution in [-0.2, 0) is 9.47 Å². The fourth-order valence-corrected chi connectivity index (χ4v) is 3.49. The van der Waals surface area contributed by atoms with E-state index in [-0.39, 0.29) is 5.41 Å². The summed E-state index contributed by atoms with van der Waals surface area (Å²) in [6.07, 6.45) is 9.92. The molecule has 0 spiro atoms. The lowest BCUT2D eigenvalue weighted by molar-refractivity contribution is -0.0274. The lowest BCUT2D eigenvalue weighted by atomic mass is 9.79. The summed E-state index contributed by atoms with van der Waals surface area (Å²) in [5.41, 5.74) is 0.276. The van der Waals surface area contributed by atoms with Crippen molar-refractivity contribution >= 4 is 0 Å². The van der Waals surface area contributed by atoms with E-state index in [1.54, 1.807) is 0 Å². The summed E-state index contributed by atoms with van der Waals surface area (Å²) in [6.45, 7) is 3.97. The first-order chi connectivity index (χ1) is 9.36. The fraction of sp³-hybridized carbons (Fsp3) is 1.00. The molecule has 4 aliphatic rings. The number of hydrogen-bond acceptors (Lipinski definition) is 3. The van der Waals surface area contributed by atoms with Crippen molar-refractivity contribution in [3.05, 3.63) is 0 Å². The molecule has 2 unspecified atom stereocenters. The van der Waals surface area contributed by atoms with Gasteiger partial charge < -0.3 is 14.8 Å².